The van der Waals surface area contributed by atoms with Gasteiger partial charge in [-0.1, -0.05) is 12.1 Å². The highest BCUT2D eigenvalue weighted by atomic mass is 32.1. The van der Waals surface area contributed by atoms with E-state index >= 15 is 0 Å². The molecule has 27 heavy (non-hydrogen) atoms. The molecule has 0 aliphatic carbocycles. The van der Waals surface area contributed by atoms with Gasteiger partial charge in [-0.05, 0) is 55.9 Å². The fourth-order valence-corrected chi connectivity index (χ4v) is 4.43. The summed E-state index contributed by atoms with van der Waals surface area (Å²) in [5.74, 6) is -0.371. The third kappa shape index (κ3) is 3.65. The molecule has 1 N–H and O–H groups in total. The number of carbonyl (C=O) groups is 1. The van der Waals surface area contributed by atoms with Gasteiger partial charge in [-0.25, -0.2) is 4.98 Å². The number of amides is 1. The Morgan fingerprint density at radius 3 is 2.85 bits per heavy atom. The normalized spacial score (nSPS) is 15.9. The fraction of sp³-hybridized carbons (Fsp3) is 0.350. The highest BCUT2D eigenvalue weighted by Crippen LogP contribution is 2.27. The van der Waals surface area contributed by atoms with Gasteiger partial charge in [-0.3, -0.25) is 18.9 Å². The van der Waals surface area contributed by atoms with Crippen LogP contribution < -0.4 is 10.9 Å². The molecule has 3 aromatic heterocycles. The number of aromatic nitrogens is 2. The Kier molecular flexibility index (Phi) is 5.05. The zero-order chi connectivity index (χ0) is 18.8. The van der Waals surface area contributed by atoms with Crippen molar-refractivity contribution in [1.29, 1.82) is 0 Å². The van der Waals surface area contributed by atoms with E-state index < -0.39 is 0 Å². The molecule has 1 saturated heterocycles. The lowest BCUT2D eigenvalue weighted by atomic mass is 10.2. The van der Waals surface area contributed by atoms with Crippen LogP contribution in [0.5, 0.6) is 0 Å². The molecule has 4 rings (SSSR count). The fourth-order valence-electron chi connectivity index (χ4n) is 3.57. The molecule has 0 aromatic carbocycles. The van der Waals surface area contributed by atoms with Crippen molar-refractivity contribution in [2.45, 2.75) is 25.8 Å². The van der Waals surface area contributed by atoms with E-state index in [-0.39, 0.29) is 23.1 Å². The number of thiophene rings is 1. The van der Waals surface area contributed by atoms with Crippen LogP contribution in [-0.2, 0) is 0 Å². The van der Waals surface area contributed by atoms with Crippen LogP contribution in [0.1, 0.15) is 39.7 Å². The van der Waals surface area contributed by atoms with Crippen molar-refractivity contribution in [2.24, 2.45) is 0 Å². The molecule has 1 fully saturated rings. The number of rotatable bonds is 5. The predicted octanol–water partition coefficient (Wildman–Crippen LogP) is 2.63. The van der Waals surface area contributed by atoms with Crippen molar-refractivity contribution < 1.29 is 4.79 Å². The number of nitrogens with zero attached hydrogens (tertiary/aromatic N) is 3. The maximum absolute atomic E-state index is 12.7. The quantitative estimate of drug-likeness (QED) is 0.737. The van der Waals surface area contributed by atoms with Crippen LogP contribution in [-0.4, -0.2) is 39.8 Å². The summed E-state index contributed by atoms with van der Waals surface area (Å²) < 4.78 is 1.43. The van der Waals surface area contributed by atoms with Crippen molar-refractivity contribution in [3.63, 3.8) is 0 Å². The van der Waals surface area contributed by atoms with Gasteiger partial charge in [-0.15, -0.1) is 11.3 Å². The van der Waals surface area contributed by atoms with Gasteiger partial charge in [0.25, 0.3) is 11.5 Å². The highest BCUT2D eigenvalue weighted by Gasteiger charge is 2.25. The molecule has 0 radical (unpaired) electrons. The minimum atomic E-state index is -0.371. The minimum absolute atomic E-state index is 0.0736. The lowest BCUT2D eigenvalue weighted by Gasteiger charge is -2.26. The number of hydrogen-bond acceptors (Lipinski definition) is 5. The van der Waals surface area contributed by atoms with Crippen molar-refractivity contribution in [3.8, 4) is 0 Å². The van der Waals surface area contributed by atoms with Gasteiger partial charge in [0.15, 0.2) is 0 Å². The molecule has 0 bridgehead atoms. The predicted molar refractivity (Wildman–Crippen MR) is 106 cm³/mol. The second kappa shape index (κ2) is 7.62. The van der Waals surface area contributed by atoms with Crippen LogP contribution in [0.15, 0.2) is 46.8 Å². The maximum Gasteiger partial charge on any atom is 0.270 e. The zero-order valence-electron chi connectivity index (χ0n) is 15.2. The molecule has 7 heteroatoms. The monoisotopic (exact) mass is 382 g/mol. The zero-order valence-corrected chi connectivity index (χ0v) is 16.0. The van der Waals surface area contributed by atoms with Crippen LogP contribution in [0.25, 0.3) is 5.65 Å². The molecule has 1 unspecified atom stereocenters. The number of nitrogens with one attached hydrogen (secondary N) is 1. The number of carbonyl (C=O) groups excluding carboxylic acids is 1. The van der Waals surface area contributed by atoms with E-state index in [1.54, 1.807) is 23.6 Å². The third-order valence-corrected chi connectivity index (χ3v) is 5.98. The molecule has 1 aliphatic rings. The number of pyridine rings is 1. The topological polar surface area (TPSA) is 66.7 Å². The first-order chi connectivity index (χ1) is 13.1. The van der Waals surface area contributed by atoms with Crippen LogP contribution in [0.4, 0.5) is 0 Å². The van der Waals surface area contributed by atoms with E-state index in [2.05, 4.69) is 26.6 Å². The number of fused-ring (bicyclic) bond motifs is 1. The van der Waals surface area contributed by atoms with Crippen LogP contribution >= 0.6 is 11.3 Å². The molecule has 140 valence electrons. The molecule has 4 heterocycles. The first-order valence-corrected chi connectivity index (χ1v) is 10.0. The summed E-state index contributed by atoms with van der Waals surface area (Å²) in [7, 11) is 0. The van der Waals surface area contributed by atoms with Gasteiger partial charge in [0.05, 0.1) is 6.04 Å². The number of likely N-dealkylation sites (tertiary alicyclic amines) is 1. The van der Waals surface area contributed by atoms with Crippen molar-refractivity contribution in [3.05, 3.63) is 68.4 Å². The number of hydrogen-bond donors (Lipinski definition) is 1. The van der Waals surface area contributed by atoms with E-state index in [1.165, 1.54) is 28.3 Å². The lowest BCUT2D eigenvalue weighted by molar-refractivity contribution is 0.0936. The summed E-state index contributed by atoms with van der Waals surface area (Å²) in [6.07, 6.45) is 5.45. The van der Waals surface area contributed by atoms with Gasteiger partial charge >= 0.3 is 0 Å². The standard InChI is InChI=1S/C20H22N4O2S/c1-14-6-7-18-21-11-15(20(26)24(18)13-14)19(25)22-12-16(17-5-4-10-27-17)23-8-2-3-9-23/h4-7,10-11,13,16H,2-3,8-9,12H2,1H3,(H,22,25). The van der Waals surface area contributed by atoms with E-state index in [0.717, 1.165) is 18.7 Å². The minimum Gasteiger partial charge on any atom is -0.350 e. The largest absolute Gasteiger partial charge is 0.350 e. The first kappa shape index (κ1) is 17.9. The van der Waals surface area contributed by atoms with E-state index in [9.17, 15) is 9.59 Å². The van der Waals surface area contributed by atoms with Gasteiger partial charge in [0.2, 0.25) is 0 Å². The van der Waals surface area contributed by atoms with Gasteiger partial charge < -0.3 is 5.32 Å². The highest BCUT2D eigenvalue weighted by molar-refractivity contribution is 7.10. The molecule has 6 nitrogen and oxygen atoms in total. The second-order valence-electron chi connectivity index (χ2n) is 6.90. The Bertz CT molecular complexity index is 1010. The Labute approximate surface area is 161 Å². The maximum atomic E-state index is 12.7. The van der Waals surface area contributed by atoms with Crippen LogP contribution in [0.2, 0.25) is 0 Å². The molecule has 3 aromatic rings. The molecule has 1 atom stereocenters. The van der Waals surface area contributed by atoms with Gasteiger partial charge in [0.1, 0.15) is 11.2 Å². The summed E-state index contributed by atoms with van der Waals surface area (Å²) in [4.78, 5) is 33.3. The second-order valence-corrected chi connectivity index (χ2v) is 7.88. The Balaban J connectivity index is 1.55. The lowest BCUT2D eigenvalue weighted by Crippen LogP contribution is -2.38. The summed E-state index contributed by atoms with van der Waals surface area (Å²) >= 11 is 1.70. The molecular formula is C20H22N4O2S. The molecule has 0 saturated carbocycles. The first-order valence-electron chi connectivity index (χ1n) is 9.17. The van der Waals surface area contributed by atoms with Gasteiger partial charge in [0, 0.05) is 23.8 Å². The SMILES string of the molecule is Cc1ccc2ncc(C(=O)NCC(c3cccs3)N3CCCC3)c(=O)n2c1. The van der Waals surface area contributed by atoms with Crippen LogP contribution in [0, 0.1) is 6.92 Å². The molecular weight excluding hydrogens is 360 g/mol. The smallest absolute Gasteiger partial charge is 0.270 e. The summed E-state index contributed by atoms with van der Waals surface area (Å²) in [5, 5.41) is 5.01. The summed E-state index contributed by atoms with van der Waals surface area (Å²) in [6, 6.07) is 7.96. The Hall–Kier alpha value is -2.51. The Morgan fingerprint density at radius 1 is 1.30 bits per heavy atom. The molecule has 1 amide bonds. The number of aryl methyl sites for hydroxylation is 1. The Morgan fingerprint density at radius 2 is 2.11 bits per heavy atom. The average molecular weight is 382 g/mol. The summed E-state index contributed by atoms with van der Waals surface area (Å²) in [5.41, 5.74) is 1.21. The van der Waals surface area contributed by atoms with Crippen molar-refractivity contribution >= 4 is 22.9 Å². The van der Waals surface area contributed by atoms with E-state index in [4.69, 9.17) is 0 Å². The molecule has 1 aliphatic heterocycles. The average Bonchev–Trinajstić information content (AvgIpc) is 3.37. The van der Waals surface area contributed by atoms with Crippen molar-refractivity contribution in [2.75, 3.05) is 19.6 Å². The third-order valence-electron chi connectivity index (χ3n) is 5.00. The van der Waals surface area contributed by atoms with Gasteiger partial charge in [-0.2, -0.15) is 0 Å². The van der Waals surface area contributed by atoms with E-state index in [0.29, 0.717) is 12.2 Å². The van der Waals surface area contributed by atoms with Crippen molar-refractivity contribution in [1.82, 2.24) is 19.6 Å². The summed E-state index contributed by atoms with van der Waals surface area (Å²) in [6.45, 7) is 4.46. The van der Waals surface area contributed by atoms with Crippen LogP contribution in [0.3, 0.4) is 0 Å². The molecule has 0 spiro atoms. The van der Waals surface area contributed by atoms with E-state index in [1.807, 2.05) is 19.1 Å².